The molecular formula is C11H18N2O3S2. The first-order chi connectivity index (χ1) is 8.34. The molecule has 0 bridgehead atoms. The number of amides is 1. The number of sulfonamides is 1. The quantitative estimate of drug-likeness (QED) is 0.822. The van der Waals surface area contributed by atoms with Gasteiger partial charge in [-0.2, -0.15) is 0 Å². The Kier molecular flexibility index (Phi) is 5.30. The van der Waals surface area contributed by atoms with Gasteiger partial charge in [-0.25, -0.2) is 13.6 Å². The van der Waals surface area contributed by atoms with Crippen molar-refractivity contribution in [2.24, 2.45) is 11.1 Å². The lowest BCUT2D eigenvalue weighted by molar-refractivity contribution is -0.124. The molecule has 1 aromatic rings. The van der Waals surface area contributed by atoms with Gasteiger partial charge in [-0.3, -0.25) is 4.79 Å². The predicted molar refractivity (Wildman–Crippen MR) is 71.9 cm³/mol. The minimum Gasteiger partial charge on any atom is -0.356 e. The molecule has 0 radical (unpaired) electrons. The van der Waals surface area contributed by atoms with Crippen LogP contribution in [0.2, 0.25) is 0 Å². The molecule has 0 saturated carbocycles. The van der Waals surface area contributed by atoms with E-state index in [4.69, 9.17) is 5.14 Å². The zero-order valence-electron chi connectivity index (χ0n) is 10.5. The van der Waals surface area contributed by atoms with Crippen molar-refractivity contribution in [3.05, 3.63) is 17.0 Å². The Bertz CT molecular complexity index is 508. The lowest BCUT2D eigenvalue weighted by atomic mass is 10.1. The minimum atomic E-state index is -3.61. The van der Waals surface area contributed by atoms with Crippen LogP contribution in [-0.4, -0.2) is 20.9 Å². The molecule has 102 valence electrons. The lowest BCUT2D eigenvalue weighted by Crippen LogP contribution is -2.30. The fourth-order valence-corrected chi connectivity index (χ4v) is 3.09. The maximum atomic E-state index is 11.5. The first kappa shape index (κ1) is 15.1. The number of nitrogens with two attached hydrogens (primary N) is 1. The summed E-state index contributed by atoms with van der Waals surface area (Å²) in [7, 11) is -3.61. The summed E-state index contributed by atoms with van der Waals surface area (Å²) in [5.74, 6) is 0.0362. The van der Waals surface area contributed by atoms with E-state index >= 15 is 0 Å². The molecule has 1 atom stereocenters. The van der Waals surface area contributed by atoms with Crippen LogP contribution >= 0.6 is 11.3 Å². The van der Waals surface area contributed by atoms with Crippen molar-refractivity contribution in [3.8, 4) is 0 Å². The highest BCUT2D eigenvalue weighted by Crippen LogP contribution is 2.20. The Hall–Kier alpha value is -0.920. The van der Waals surface area contributed by atoms with Crippen molar-refractivity contribution in [2.75, 3.05) is 6.54 Å². The Morgan fingerprint density at radius 3 is 2.67 bits per heavy atom. The number of carbonyl (C=O) groups is 1. The Morgan fingerprint density at radius 1 is 1.50 bits per heavy atom. The number of primary sulfonamides is 1. The van der Waals surface area contributed by atoms with Crippen LogP contribution in [0.5, 0.6) is 0 Å². The van der Waals surface area contributed by atoms with E-state index in [1.807, 2.05) is 13.8 Å². The SMILES string of the molecule is CCC(C)C(=O)NCCc1ccc(S(N)(=O)=O)s1. The Morgan fingerprint density at radius 2 is 2.17 bits per heavy atom. The van der Waals surface area contributed by atoms with Crippen molar-refractivity contribution < 1.29 is 13.2 Å². The molecule has 0 aliphatic rings. The number of hydrogen-bond acceptors (Lipinski definition) is 4. The molecule has 18 heavy (non-hydrogen) atoms. The summed E-state index contributed by atoms with van der Waals surface area (Å²) in [6.07, 6.45) is 1.42. The van der Waals surface area contributed by atoms with Gasteiger partial charge in [-0.1, -0.05) is 13.8 Å². The van der Waals surface area contributed by atoms with Crippen LogP contribution in [0.1, 0.15) is 25.1 Å². The summed E-state index contributed by atoms with van der Waals surface area (Å²) in [6, 6.07) is 3.21. The van der Waals surface area contributed by atoms with Crippen LogP contribution in [0.15, 0.2) is 16.3 Å². The first-order valence-corrected chi connectivity index (χ1v) is 8.10. The van der Waals surface area contributed by atoms with Gasteiger partial charge in [0, 0.05) is 17.3 Å². The number of carbonyl (C=O) groups excluding carboxylic acids is 1. The van der Waals surface area contributed by atoms with E-state index in [1.165, 1.54) is 6.07 Å². The molecule has 0 aliphatic carbocycles. The van der Waals surface area contributed by atoms with E-state index in [-0.39, 0.29) is 16.0 Å². The van der Waals surface area contributed by atoms with Gasteiger partial charge in [-0.15, -0.1) is 11.3 Å². The van der Waals surface area contributed by atoms with Crippen LogP contribution in [-0.2, 0) is 21.2 Å². The predicted octanol–water partition coefficient (Wildman–Crippen LogP) is 1.10. The first-order valence-electron chi connectivity index (χ1n) is 5.73. The number of nitrogens with one attached hydrogen (secondary N) is 1. The molecule has 1 rings (SSSR count). The maximum Gasteiger partial charge on any atom is 0.247 e. The van der Waals surface area contributed by atoms with Gasteiger partial charge in [-0.05, 0) is 25.0 Å². The molecular weight excluding hydrogens is 272 g/mol. The highest BCUT2D eigenvalue weighted by atomic mass is 32.2. The van der Waals surface area contributed by atoms with E-state index in [2.05, 4.69) is 5.32 Å². The average molecular weight is 290 g/mol. The second kappa shape index (κ2) is 6.31. The smallest absolute Gasteiger partial charge is 0.247 e. The summed E-state index contributed by atoms with van der Waals surface area (Å²) < 4.78 is 22.3. The van der Waals surface area contributed by atoms with Gasteiger partial charge in [0.1, 0.15) is 4.21 Å². The molecule has 0 saturated heterocycles. The average Bonchev–Trinajstić information content (AvgIpc) is 2.76. The minimum absolute atomic E-state index is 0.00770. The highest BCUT2D eigenvalue weighted by molar-refractivity contribution is 7.91. The zero-order chi connectivity index (χ0) is 13.8. The lowest BCUT2D eigenvalue weighted by Gasteiger charge is -2.08. The molecule has 1 unspecified atom stereocenters. The molecule has 1 heterocycles. The monoisotopic (exact) mass is 290 g/mol. The second-order valence-electron chi connectivity index (χ2n) is 4.12. The number of rotatable bonds is 6. The second-order valence-corrected chi connectivity index (χ2v) is 7.07. The molecule has 0 aliphatic heterocycles. The largest absolute Gasteiger partial charge is 0.356 e. The van der Waals surface area contributed by atoms with E-state index in [0.717, 1.165) is 22.6 Å². The number of thiophene rings is 1. The van der Waals surface area contributed by atoms with Crippen molar-refractivity contribution in [1.82, 2.24) is 5.32 Å². The van der Waals surface area contributed by atoms with Crippen molar-refractivity contribution in [3.63, 3.8) is 0 Å². The van der Waals surface area contributed by atoms with Crippen LogP contribution in [0.25, 0.3) is 0 Å². The van der Waals surface area contributed by atoms with E-state index in [9.17, 15) is 13.2 Å². The van der Waals surface area contributed by atoms with Gasteiger partial charge in [0.05, 0.1) is 0 Å². The summed E-state index contributed by atoms with van der Waals surface area (Å²) >= 11 is 1.14. The molecule has 3 N–H and O–H groups in total. The van der Waals surface area contributed by atoms with Crippen molar-refractivity contribution in [2.45, 2.75) is 30.9 Å². The van der Waals surface area contributed by atoms with E-state index < -0.39 is 10.0 Å². The van der Waals surface area contributed by atoms with Crippen molar-refractivity contribution >= 4 is 27.3 Å². The molecule has 5 nitrogen and oxygen atoms in total. The molecule has 0 spiro atoms. The third-order valence-corrected chi connectivity index (χ3v) is 5.23. The fourth-order valence-electron chi connectivity index (χ4n) is 1.31. The van der Waals surface area contributed by atoms with Gasteiger partial charge in [0.25, 0.3) is 0 Å². The third kappa shape index (κ3) is 4.40. The Labute approximate surface area is 111 Å². The number of hydrogen-bond donors (Lipinski definition) is 2. The standard InChI is InChI=1S/C11H18N2O3S2/c1-3-8(2)11(14)13-7-6-9-4-5-10(17-9)18(12,15)16/h4-5,8H,3,6-7H2,1-2H3,(H,13,14)(H2,12,15,16). The zero-order valence-corrected chi connectivity index (χ0v) is 12.1. The third-order valence-electron chi connectivity index (χ3n) is 2.65. The molecule has 1 amide bonds. The van der Waals surface area contributed by atoms with Gasteiger partial charge < -0.3 is 5.32 Å². The van der Waals surface area contributed by atoms with Crippen LogP contribution < -0.4 is 10.5 Å². The van der Waals surface area contributed by atoms with E-state index in [0.29, 0.717) is 13.0 Å². The van der Waals surface area contributed by atoms with Crippen LogP contribution in [0.3, 0.4) is 0 Å². The topological polar surface area (TPSA) is 89.3 Å². The molecule has 0 aromatic carbocycles. The van der Waals surface area contributed by atoms with Crippen molar-refractivity contribution in [1.29, 1.82) is 0 Å². The van der Waals surface area contributed by atoms with Gasteiger partial charge >= 0.3 is 0 Å². The normalized spacial score (nSPS) is 13.3. The Balaban J connectivity index is 2.46. The summed E-state index contributed by atoms with van der Waals surface area (Å²) in [4.78, 5) is 12.4. The van der Waals surface area contributed by atoms with Crippen LogP contribution in [0.4, 0.5) is 0 Å². The maximum absolute atomic E-state index is 11.5. The van der Waals surface area contributed by atoms with E-state index in [1.54, 1.807) is 6.07 Å². The van der Waals surface area contributed by atoms with Crippen LogP contribution in [0, 0.1) is 5.92 Å². The highest BCUT2D eigenvalue weighted by Gasteiger charge is 2.12. The molecule has 1 aromatic heterocycles. The molecule has 7 heteroatoms. The fraction of sp³-hybridized carbons (Fsp3) is 0.545. The van der Waals surface area contributed by atoms with Gasteiger partial charge in [0.15, 0.2) is 0 Å². The molecule has 0 fully saturated rings. The van der Waals surface area contributed by atoms with Gasteiger partial charge in [0.2, 0.25) is 15.9 Å². The summed E-state index contributed by atoms with van der Waals surface area (Å²) in [6.45, 7) is 4.34. The summed E-state index contributed by atoms with van der Waals surface area (Å²) in [5, 5.41) is 7.83. The summed E-state index contributed by atoms with van der Waals surface area (Å²) in [5.41, 5.74) is 0.